The van der Waals surface area contributed by atoms with Crippen molar-refractivity contribution >= 4 is 17.7 Å². The van der Waals surface area contributed by atoms with Gasteiger partial charge in [-0.15, -0.1) is 11.8 Å². The number of aliphatic hydroxyl groups excluding tert-OH is 1. The summed E-state index contributed by atoms with van der Waals surface area (Å²) < 4.78 is 0. The topological polar surface area (TPSA) is 86.8 Å². The molecule has 26 heavy (non-hydrogen) atoms. The van der Waals surface area contributed by atoms with Crippen LogP contribution in [0.2, 0.25) is 0 Å². The van der Waals surface area contributed by atoms with Gasteiger partial charge in [-0.1, -0.05) is 37.5 Å². The smallest absolute Gasteiger partial charge is 0.320 e. The van der Waals surface area contributed by atoms with Gasteiger partial charge in [0.15, 0.2) is 0 Å². The first kappa shape index (κ1) is 19.7. The maximum atomic E-state index is 11.7. The quantitative estimate of drug-likeness (QED) is 0.632. The predicted molar refractivity (Wildman–Crippen MR) is 104 cm³/mol. The third kappa shape index (κ3) is 5.00. The van der Waals surface area contributed by atoms with Crippen molar-refractivity contribution in [1.29, 1.82) is 0 Å². The van der Waals surface area contributed by atoms with Gasteiger partial charge in [-0.3, -0.25) is 9.69 Å². The number of benzene rings is 1. The van der Waals surface area contributed by atoms with Crippen LogP contribution in [0.5, 0.6) is 0 Å². The fourth-order valence-electron chi connectivity index (χ4n) is 4.35. The molecule has 1 heterocycles. The lowest BCUT2D eigenvalue weighted by Crippen LogP contribution is -2.56. The molecule has 5 atom stereocenters. The summed E-state index contributed by atoms with van der Waals surface area (Å²) in [4.78, 5) is 14.8. The van der Waals surface area contributed by atoms with Crippen LogP contribution < -0.4 is 5.73 Å². The zero-order valence-corrected chi connectivity index (χ0v) is 16.0. The Labute approximate surface area is 160 Å². The highest BCUT2D eigenvalue weighted by Gasteiger charge is 2.40. The molecular formula is C20H30N2O3S. The van der Waals surface area contributed by atoms with Crippen LogP contribution >= 0.6 is 11.8 Å². The fraction of sp³-hybridized carbons (Fsp3) is 0.650. The molecule has 0 aromatic heterocycles. The molecule has 1 aliphatic carbocycles. The Balaban J connectivity index is 1.55. The second-order valence-corrected chi connectivity index (χ2v) is 8.80. The van der Waals surface area contributed by atoms with Crippen LogP contribution in [-0.2, 0) is 4.79 Å². The number of hydrogen-bond acceptors (Lipinski definition) is 5. The molecule has 0 amide bonds. The number of hydrogen-bond donors (Lipinski definition) is 3. The normalized spacial score (nSPS) is 28.9. The molecule has 1 aliphatic heterocycles. The molecule has 144 valence electrons. The van der Waals surface area contributed by atoms with Gasteiger partial charge in [0, 0.05) is 29.8 Å². The third-order valence-corrected chi connectivity index (χ3v) is 7.05. The number of carbonyl (C=O) groups is 1. The molecule has 0 bridgehead atoms. The largest absolute Gasteiger partial charge is 0.480 e. The van der Waals surface area contributed by atoms with E-state index in [1.54, 1.807) is 11.8 Å². The van der Waals surface area contributed by atoms with Gasteiger partial charge in [-0.2, -0.15) is 0 Å². The van der Waals surface area contributed by atoms with Gasteiger partial charge >= 0.3 is 5.97 Å². The number of nitrogens with two attached hydrogens (primary N) is 1. The van der Waals surface area contributed by atoms with E-state index in [0.717, 1.165) is 17.9 Å². The Hall–Kier alpha value is -1.08. The molecule has 4 N–H and O–H groups in total. The van der Waals surface area contributed by atoms with Crippen molar-refractivity contribution in [1.82, 2.24) is 4.90 Å². The van der Waals surface area contributed by atoms with Gasteiger partial charge in [-0.05, 0) is 36.8 Å². The average molecular weight is 379 g/mol. The summed E-state index contributed by atoms with van der Waals surface area (Å²) >= 11 is 1.62. The Morgan fingerprint density at radius 1 is 1.23 bits per heavy atom. The summed E-state index contributed by atoms with van der Waals surface area (Å²) in [5.74, 6) is 0.943. The fourth-order valence-corrected chi connectivity index (χ4v) is 5.31. The second-order valence-electron chi connectivity index (χ2n) is 7.70. The number of fused-ring (bicyclic) bond motifs is 1. The molecule has 2 fully saturated rings. The number of nitrogens with zero attached hydrogens (tertiary/aromatic N) is 1. The number of aliphatic carboxylic acids is 1. The number of carboxylic acids is 1. The SMILES string of the molecule is NC(CSc1ccccc1)C(O)CN1CC2CCCCC2C[C@H]1C(=O)O. The van der Waals surface area contributed by atoms with Crippen molar-refractivity contribution in [3.8, 4) is 0 Å². The number of rotatable bonds is 7. The number of carboxylic acid groups (broad SMARTS) is 1. The minimum atomic E-state index is -0.770. The van der Waals surface area contributed by atoms with E-state index in [1.807, 2.05) is 35.2 Å². The summed E-state index contributed by atoms with van der Waals surface area (Å²) in [6.45, 7) is 1.12. The van der Waals surface area contributed by atoms with Crippen LogP contribution in [0.15, 0.2) is 35.2 Å². The monoisotopic (exact) mass is 378 g/mol. The highest BCUT2D eigenvalue weighted by Crippen LogP contribution is 2.38. The molecule has 0 radical (unpaired) electrons. The molecule has 3 rings (SSSR count). The maximum absolute atomic E-state index is 11.7. The molecule has 5 nitrogen and oxygen atoms in total. The van der Waals surface area contributed by atoms with Gasteiger partial charge in [0.1, 0.15) is 6.04 Å². The van der Waals surface area contributed by atoms with Crippen molar-refractivity contribution in [2.75, 3.05) is 18.8 Å². The van der Waals surface area contributed by atoms with Gasteiger partial charge < -0.3 is 15.9 Å². The molecule has 6 heteroatoms. The van der Waals surface area contributed by atoms with Crippen molar-refractivity contribution in [2.45, 2.75) is 55.2 Å². The molecule has 1 aromatic carbocycles. The first-order valence-electron chi connectivity index (χ1n) is 9.63. The summed E-state index contributed by atoms with van der Waals surface area (Å²) in [7, 11) is 0. The average Bonchev–Trinajstić information content (AvgIpc) is 2.66. The van der Waals surface area contributed by atoms with E-state index in [0.29, 0.717) is 30.6 Å². The molecule has 1 aromatic rings. The molecule has 2 aliphatic rings. The lowest BCUT2D eigenvalue weighted by atomic mass is 9.73. The van der Waals surface area contributed by atoms with Crippen LogP contribution in [0.3, 0.4) is 0 Å². The minimum Gasteiger partial charge on any atom is -0.480 e. The summed E-state index contributed by atoms with van der Waals surface area (Å²) in [6.07, 6.45) is 4.78. The van der Waals surface area contributed by atoms with Gasteiger partial charge in [0.2, 0.25) is 0 Å². The molecule has 1 saturated carbocycles. The van der Waals surface area contributed by atoms with E-state index < -0.39 is 18.1 Å². The van der Waals surface area contributed by atoms with Crippen molar-refractivity contribution in [3.05, 3.63) is 30.3 Å². The van der Waals surface area contributed by atoms with Gasteiger partial charge in [-0.25, -0.2) is 0 Å². The summed E-state index contributed by atoms with van der Waals surface area (Å²) in [5.41, 5.74) is 6.19. The first-order chi connectivity index (χ1) is 12.5. The van der Waals surface area contributed by atoms with E-state index in [2.05, 4.69) is 0 Å². The maximum Gasteiger partial charge on any atom is 0.320 e. The van der Waals surface area contributed by atoms with Crippen molar-refractivity contribution in [2.24, 2.45) is 17.6 Å². The van der Waals surface area contributed by atoms with E-state index in [-0.39, 0.29) is 6.04 Å². The zero-order chi connectivity index (χ0) is 18.5. The van der Waals surface area contributed by atoms with Gasteiger partial charge in [0.25, 0.3) is 0 Å². The zero-order valence-electron chi connectivity index (χ0n) is 15.2. The summed E-state index contributed by atoms with van der Waals surface area (Å²) in [5, 5.41) is 20.2. The van der Waals surface area contributed by atoms with Crippen LogP contribution in [0.1, 0.15) is 32.1 Å². The Bertz CT molecular complexity index is 586. The Kier molecular flexibility index (Phi) is 6.98. The van der Waals surface area contributed by atoms with E-state index in [9.17, 15) is 15.0 Å². The van der Waals surface area contributed by atoms with Crippen LogP contribution in [0, 0.1) is 11.8 Å². The minimum absolute atomic E-state index is 0.344. The van der Waals surface area contributed by atoms with E-state index in [1.165, 1.54) is 19.3 Å². The standard InChI is InChI=1S/C20H30N2O3S/c21-17(13-26-16-8-2-1-3-9-16)19(23)12-22-11-15-7-5-4-6-14(15)10-18(22)20(24)25/h1-3,8-9,14-15,17-19,23H,4-7,10-13,21H2,(H,24,25)/t14?,15?,17?,18-,19?/m0/s1. The number of likely N-dealkylation sites (tertiary alicyclic amines) is 1. The second kappa shape index (κ2) is 9.22. The number of piperidine rings is 1. The molecule has 0 spiro atoms. The van der Waals surface area contributed by atoms with Gasteiger partial charge in [0.05, 0.1) is 6.10 Å². The molecule has 4 unspecified atom stereocenters. The molecule has 1 saturated heterocycles. The van der Waals surface area contributed by atoms with Crippen molar-refractivity contribution < 1.29 is 15.0 Å². The van der Waals surface area contributed by atoms with Crippen LogP contribution in [-0.4, -0.2) is 58.1 Å². The predicted octanol–water partition coefficient (Wildman–Crippen LogP) is 2.43. The highest BCUT2D eigenvalue weighted by molar-refractivity contribution is 7.99. The Morgan fingerprint density at radius 2 is 1.92 bits per heavy atom. The van der Waals surface area contributed by atoms with Crippen molar-refractivity contribution in [3.63, 3.8) is 0 Å². The number of β-amino-alcohol motifs (C(OH)–C–C–N with tert-alkyl or cyclic N) is 1. The van der Waals surface area contributed by atoms with E-state index >= 15 is 0 Å². The highest BCUT2D eigenvalue weighted by atomic mass is 32.2. The third-order valence-electron chi connectivity index (χ3n) is 5.89. The lowest BCUT2D eigenvalue weighted by Gasteiger charge is -2.45. The first-order valence-corrected chi connectivity index (χ1v) is 10.6. The number of aliphatic hydroxyl groups is 1. The lowest BCUT2D eigenvalue weighted by molar-refractivity contribution is -0.148. The molecular weight excluding hydrogens is 348 g/mol. The van der Waals surface area contributed by atoms with Crippen LogP contribution in [0.25, 0.3) is 0 Å². The Morgan fingerprint density at radius 3 is 2.62 bits per heavy atom. The summed E-state index contributed by atoms with van der Waals surface area (Å²) in [6, 6.07) is 9.12. The van der Waals surface area contributed by atoms with E-state index in [4.69, 9.17) is 5.73 Å². The van der Waals surface area contributed by atoms with Crippen LogP contribution in [0.4, 0.5) is 0 Å². The number of thioether (sulfide) groups is 1.